The normalized spacial score (nSPS) is 10.4. The predicted octanol–water partition coefficient (Wildman–Crippen LogP) is 4.54. The maximum absolute atomic E-state index is 13.4. The zero-order chi connectivity index (χ0) is 13.1. The van der Waals surface area contributed by atoms with Gasteiger partial charge in [0, 0.05) is 12.1 Å². The molecule has 0 fully saturated rings. The average molecular weight is 268 g/mol. The van der Waals surface area contributed by atoms with E-state index in [1.54, 1.807) is 6.07 Å². The first-order chi connectivity index (χ1) is 8.59. The summed E-state index contributed by atoms with van der Waals surface area (Å²) in [5.74, 6) is -1.13. The summed E-state index contributed by atoms with van der Waals surface area (Å²) in [6, 6.07) is 9.25. The molecule has 1 N–H and O–H groups in total. The molecule has 0 heterocycles. The smallest absolute Gasteiger partial charge is 0.131 e. The van der Waals surface area contributed by atoms with E-state index in [0.29, 0.717) is 10.7 Å². The van der Waals surface area contributed by atoms with Crippen LogP contribution in [-0.4, -0.2) is 0 Å². The van der Waals surface area contributed by atoms with Crippen molar-refractivity contribution in [1.82, 2.24) is 0 Å². The molecule has 0 saturated carbocycles. The summed E-state index contributed by atoms with van der Waals surface area (Å²) in [7, 11) is 0. The van der Waals surface area contributed by atoms with Gasteiger partial charge in [0.05, 0.1) is 10.7 Å². The van der Waals surface area contributed by atoms with Gasteiger partial charge in [0.25, 0.3) is 0 Å². The van der Waals surface area contributed by atoms with Gasteiger partial charge in [-0.05, 0) is 30.7 Å². The average Bonchev–Trinajstić information content (AvgIpc) is 2.31. The molecular formula is C14H12ClF2N. The van der Waals surface area contributed by atoms with Crippen molar-refractivity contribution in [2.24, 2.45) is 0 Å². The van der Waals surface area contributed by atoms with E-state index in [2.05, 4.69) is 5.32 Å². The maximum Gasteiger partial charge on any atom is 0.131 e. The van der Waals surface area contributed by atoms with Crippen LogP contribution in [0.5, 0.6) is 0 Å². The molecule has 0 aliphatic rings. The lowest BCUT2D eigenvalue weighted by molar-refractivity contribution is 0.560. The van der Waals surface area contributed by atoms with E-state index in [9.17, 15) is 8.78 Å². The zero-order valence-electron chi connectivity index (χ0n) is 9.81. The molecule has 0 atom stereocenters. The highest BCUT2D eigenvalue weighted by Gasteiger charge is 2.09. The number of nitrogens with one attached hydrogen (secondary N) is 1. The molecule has 2 aromatic carbocycles. The lowest BCUT2D eigenvalue weighted by Crippen LogP contribution is -2.06. The largest absolute Gasteiger partial charge is 0.379 e. The van der Waals surface area contributed by atoms with Gasteiger partial charge in [0.2, 0.25) is 0 Å². The van der Waals surface area contributed by atoms with Gasteiger partial charge in [0.1, 0.15) is 11.6 Å². The fourth-order valence-electron chi connectivity index (χ4n) is 1.73. The fraction of sp³-hybridized carbons (Fsp3) is 0.143. The minimum Gasteiger partial charge on any atom is -0.379 e. The molecule has 0 radical (unpaired) electrons. The number of anilines is 1. The van der Waals surface area contributed by atoms with Crippen molar-refractivity contribution in [3.05, 3.63) is 64.2 Å². The number of aryl methyl sites for hydroxylation is 1. The van der Waals surface area contributed by atoms with E-state index in [1.165, 1.54) is 18.2 Å². The van der Waals surface area contributed by atoms with Gasteiger partial charge in [-0.25, -0.2) is 8.78 Å². The van der Waals surface area contributed by atoms with Crippen molar-refractivity contribution < 1.29 is 8.78 Å². The van der Waals surface area contributed by atoms with Crippen molar-refractivity contribution >= 4 is 17.3 Å². The van der Waals surface area contributed by atoms with Gasteiger partial charge < -0.3 is 5.32 Å². The Morgan fingerprint density at radius 3 is 2.28 bits per heavy atom. The van der Waals surface area contributed by atoms with Gasteiger partial charge in [-0.1, -0.05) is 29.8 Å². The van der Waals surface area contributed by atoms with E-state index in [-0.39, 0.29) is 12.1 Å². The summed E-state index contributed by atoms with van der Waals surface area (Å²) in [6.45, 7) is 1.94. The van der Waals surface area contributed by atoms with E-state index in [1.807, 2.05) is 19.1 Å². The standard InChI is InChI=1S/C14H12ClF2N/c1-9-4-2-5-11(15)14(9)18-8-10-12(16)6-3-7-13(10)17/h2-7,18H,8H2,1H3. The molecule has 94 valence electrons. The molecule has 0 bridgehead atoms. The Balaban J connectivity index is 2.22. The first-order valence-electron chi connectivity index (χ1n) is 5.51. The number of benzene rings is 2. The Hall–Kier alpha value is -1.61. The molecule has 2 aromatic rings. The van der Waals surface area contributed by atoms with Crippen LogP contribution in [0.1, 0.15) is 11.1 Å². The maximum atomic E-state index is 13.4. The Morgan fingerprint density at radius 2 is 1.67 bits per heavy atom. The van der Waals surface area contributed by atoms with E-state index in [0.717, 1.165) is 5.56 Å². The Labute approximate surface area is 109 Å². The summed E-state index contributed by atoms with van der Waals surface area (Å²) < 4.78 is 26.9. The Kier molecular flexibility index (Phi) is 3.82. The highest BCUT2D eigenvalue weighted by atomic mass is 35.5. The monoisotopic (exact) mass is 267 g/mol. The Bertz CT molecular complexity index is 478. The molecule has 1 nitrogen and oxygen atoms in total. The molecule has 0 unspecified atom stereocenters. The number of rotatable bonds is 3. The van der Waals surface area contributed by atoms with Gasteiger partial charge in [-0.3, -0.25) is 0 Å². The second-order valence-corrected chi connectivity index (χ2v) is 4.39. The van der Waals surface area contributed by atoms with Crippen LogP contribution in [0.15, 0.2) is 36.4 Å². The topological polar surface area (TPSA) is 12.0 Å². The molecule has 0 aliphatic carbocycles. The van der Waals surface area contributed by atoms with E-state index in [4.69, 9.17) is 11.6 Å². The lowest BCUT2D eigenvalue weighted by Gasteiger charge is -2.12. The molecule has 0 saturated heterocycles. The van der Waals surface area contributed by atoms with E-state index < -0.39 is 11.6 Å². The first-order valence-corrected chi connectivity index (χ1v) is 5.89. The number of hydrogen-bond donors (Lipinski definition) is 1. The minimum absolute atomic E-state index is 0.0109. The summed E-state index contributed by atoms with van der Waals surface area (Å²) in [5, 5.41) is 3.50. The molecule has 0 spiro atoms. The minimum atomic E-state index is -0.563. The molecule has 4 heteroatoms. The van der Waals surface area contributed by atoms with Crippen molar-refractivity contribution in [3.8, 4) is 0 Å². The highest BCUT2D eigenvalue weighted by Crippen LogP contribution is 2.26. The van der Waals surface area contributed by atoms with Gasteiger partial charge in [-0.15, -0.1) is 0 Å². The first kappa shape index (κ1) is 12.8. The van der Waals surface area contributed by atoms with Crippen LogP contribution in [0.4, 0.5) is 14.5 Å². The fourth-order valence-corrected chi connectivity index (χ4v) is 2.02. The van der Waals surface area contributed by atoms with Crippen LogP contribution >= 0.6 is 11.6 Å². The van der Waals surface area contributed by atoms with Crippen LogP contribution in [-0.2, 0) is 6.54 Å². The third-order valence-electron chi connectivity index (χ3n) is 2.73. The third kappa shape index (κ3) is 2.62. The predicted molar refractivity (Wildman–Crippen MR) is 69.9 cm³/mol. The van der Waals surface area contributed by atoms with Gasteiger partial charge in [0.15, 0.2) is 0 Å². The Morgan fingerprint density at radius 1 is 1.06 bits per heavy atom. The zero-order valence-corrected chi connectivity index (χ0v) is 10.6. The van der Waals surface area contributed by atoms with Crippen molar-refractivity contribution in [3.63, 3.8) is 0 Å². The van der Waals surface area contributed by atoms with Gasteiger partial charge in [-0.2, -0.15) is 0 Å². The van der Waals surface area contributed by atoms with Crippen molar-refractivity contribution in [2.75, 3.05) is 5.32 Å². The van der Waals surface area contributed by atoms with Crippen LogP contribution in [0, 0.1) is 18.6 Å². The SMILES string of the molecule is Cc1cccc(Cl)c1NCc1c(F)cccc1F. The van der Waals surface area contributed by atoms with Crippen molar-refractivity contribution in [2.45, 2.75) is 13.5 Å². The number of halogens is 3. The lowest BCUT2D eigenvalue weighted by atomic mass is 10.1. The molecular weight excluding hydrogens is 256 g/mol. The summed E-state index contributed by atoms with van der Waals surface area (Å²) >= 11 is 6.03. The second kappa shape index (κ2) is 5.36. The number of hydrogen-bond acceptors (Lipinski definition) is 1. The molecule has 0 aliphatic heterocycles. The van der Waals surface area contributed by atoms with Crippen LogP contribution in [0.3, 0.4) is 0 Å². The van der Waals surface area contributed by atoms with E-state index >= 15 is 0 Å². The summed E-state index contributed by atoms with van der Waals surface area (Å²) in [6.07, 6.45) is 0. The van der Waals surface area contributed by atoms with Crippen molar-refractivity contribution in [1.29, 1.82) is 0 Å². The quantitative estimate of drug-likeness (QED) is 0.861. The van der Waals surface area contributed by atoms with Crippen LogP contribution in [0.2, 0.25) is 5.02 Å². The third-order valence-corrected chi connectivity index (χ3v) is 3.04. The van der Waals surface area contributed by atoms with Gasteiger partial charge >= 0.3 is 0 Å². The molecule has 18 heavy (non-hydrogen) atoms. The number of para-hydroxylation sites is 1. The molecule has 2 rings (SSSR count). The summed E-state index contributed by atoms with van der Waals surface area (Å²) in [5.41, 5.74) is 1.64. The van der Waals surface area contributed by atoms with Crippen LogP contribution in [0.25, 0.3) is 0 Å². The highest BCUT2D eigenvalue weighted by molar-refractivity contribution is 6.33. The second-order valence-electron chi connectivity index (χ2n) is 3.99. The summed E-state index contributed by atoms with van der Waals surface area (Å²) in [4.78, 5) is 0. The van der Waals surface area contributed by atoms with Crippen LogP contribution < -0.4 is 5.32 Å². The molecule has 0 amide bonds. The molecule has 0 aromatic heterocycles.